The zero-order valence-electron chi connectivity index (χ0n) is 7.83. The van der Waals surface area contributed by atoms with Crippen LogP contribution in [0.4, 0.5) is 4.39 Å². The molecule has 1 rings (SSSR count). The van der Waals surface area contributed by atoms with Crippen LogP contribution in [0.25, 0.3) is 0 Å². The van der Waals surface area contributed by atoms with Crippen molar-refractivity contribution in [1.82, 2.24) is 0 Å². The van der Waals surface area contributed by atoms with Crippen LogP contribution in [0.2, 0.25) is 0 Å². The summed E-state index contributed by atoms with van der Waals surface area (Å²) in [5.41, 5.74) is 5.52. The summed E-state index contributed by atoms with van der Waals surface area (Å²) in [5.74, 6) is -1.62. The number of ether oxygens (including phenoxy) is 1. The number of aliphatic carboxylic acids is 1. The zero-order chi connectivity index (χ0) is 11.6. The molecular formula is C9H9BrFNO3. The predicted molar refractivity (Wildman–Crippen MR) is 55.2 cm³/mol. The van der Waals surface area contributed by atoms with Gasteiger partial charge in [-0.15, -0.1) is 0 Å². The molecule has 0 aliphatic carbocycles. The maximum absolute atomic E-state index is 13.3. The average molecular weight is 278 g/mol. The fraction of sp³-hybridized carbons (Fsp3) is 0.222. The number of carboxylic acids is 1. The van der Waals surface area contributed by atoms with Crippen molar-refractivity contribution < 1.29 is 19.0 Å². The first-order valence-corrected chi connectivity index (χ1v) is 4.78. The number of rotatable bonds is 3. The molecule has 0 aliphatic rings. The van der Waals surface area contributed by atoms with E-state index >= 15 is 0 Å². The first-order chi connectivity index (χ1) is 6.97. The SMILES string of the molecule is COc1cc(F)c(Br)c(C(N)C(=O)O)c1. The van der Waals surface area contributed by atoms with E-state index in [2.05, 4.69) is 15.9 Å². The lowest BCUT2D eigenvalue weighted by Gasteiger charge is -2.11. The fourth-order valence-electron chi connectivity index (χ4n) is 1.06. The topological polar surface area (TPSA) is 72.5 Å². The molecule has 0 heterocycles. The molecule has 0 radical (unpaired) electrons. The van der Waals surface area contributed by atoms with E-state index in [1.807, 2.05) is 0 Å². The van der Waals surface area contributed by atoms with Crippen LogP contribution >= 0.6 is 15.9 Å². The Morgan fingerprint density at radius 2 is 2.27 bits per heavy atom. The summed E-state index contributed by atoms with van der Waals surface area (Å²) in [7, 11) is 1.36. The van der Waals surface area contributed by atoms with E-state index in [1.165, 1.54) is 13.2 Å². The smallest absolute Gasteiger partial charge is 0.325 e. The van der Waals surface area contributed by atoms with Crippen molar-refractivity contribution in [2.75, 3.05) is 7.11 Å². The number of hydrogen-bond donors (Lipinski definition) is 2. The van der Waals surface area contributed by atoms with E-state index in [1.54, 1.807) is 0 Å². The fourth-order valence-corrected chi connectivity index (χ4v) is 1.54. The highest BCUT2D eigenvalue weighted by atomic mass is 79.9. The van der Waals surface area contributed by atoms with Gasteiger partial charge in [0.2, 0.25) is 0 Å². The highest BCUT2D eigenvalue weighted by Crippen LogP contribution is 2.29. The van der Waals surface area contributed by atoms with Crippen LogP contribution in [-0.2, 0) is 4.79 Å². The summed E-state index contributed by atoms with van der Waals surface area (Å²) in [5, 5.41) is 8.71. The Labute approximate surface area is 94.0 Å². The maximum atomic E-state index is 13.3. The second-order valence-electron chi connectivity index (χ2n) is 2.83. The van der Waals surface area contributed by atoms with Crippen molar-refractivity contribution in [3.05, 3.63) is 28.0 Å². The van der Waals surface area contributed by atoms with Gasteiger partial charge in [0.1, 0.15) is 17.6 Å². The molecule has 0 aliphatic heterocycles. The molecule has 0 bridgehead atoms. The molecule has 6 heteroatoms. The summed E-state index contributed by atoms with van der Waals surface area (Å²) < 4.78 is 18.1. The second kappa shape index (κ2) is 4.59. The van der Waals surface area contributed by atoms with Gasteiger partial charge >= 0.3 is 5.97 Å². The summed E-state index contributed by atoms with van der Waals surface area (Å²) in [4.78, 5) is 10.7. The number of halogens is 2. The van der Waals surface area contributed by atoms with E-state index < -0.39 is 17.8 Å². The van der Waals surface area contributed by atoms with Crippen LogP contribution in [0.3, 0.4) is 0 Å². The van der Waals surface area contributed by atoms with Crippen molar-refractivity contribution >= 4 is 21.9 Å². The molecule has 1 aromatic rings. The predicted octanol–water partition coefficient (Wildman–Crippen LogP) is 1.68. The average Bonchev–Trinajstić information content (AvgIpc) is 2.20. The van der Waals surface area contributed by atoms with E-state index in [0.29, 0.717) is 0 Å². The number of hydrogen-bond acceptors (Lipinski definition) is 3. The van der Waals surface area contributed by atoms with Crippen molar-refractivity contribution in [1.29, 1.82) is 0 Å². The molecule has 4 nitrogen and oxygen atoms in total. The monoisotopic (exact) mass is 277 g/mol. The minimum atomic E-state index is -1.29. The highest BCUT2D eigenvalue weighted by molar-refractivity contribution is 9.10. The normalized spacial score (nSPS) is 12.3. The quantitative estimate of drug-likeness (QED) is 0.882. The van der Waals surface area contributed by atoms with Crippen LogP contribution < -0.4 is 10.5 Å². The summed E-state index contributed by atoms with van der Waals surface area (Å²) >= 11 is 2.94. The van der Waals surface area contributed by atoms with E-state index in [0.717, 1.165) is 6.07 Å². The zero-order valence-corrected chi connectivity index (χ0v) is 9.42. The molecule has 0 saturated carbocycles. The Hall–Kier alpha value is -1.14. The van der Waals surface area contributed by atoms with Crippen molar-refractivity contribution in [2.45, 2.75) is 6.04 Å². The maximum Gasteiger partial charge on any atom is 0.325 e. The van der Waals surface area contributed by atoms with Crippen LogP contribution in [-0.4, -0.2) is 18.2 Å². The Morgan fingerprint density at radius 3 is 2.73 bits per heavy atom. The third-order valence-corrected chi connectivity index (χ3v) is 2.70. The number of nitrogens with two attached hydrogens (primary N) is 1. The van der Waals surface area contributed by atoms with E-state index in [9.17, 15) is 9.18 Å². The van der Waals surface area contributed by atoms with Crippen molar-refractivity contribution in [3.63, 3.8) is 0 Å². The van der Waals surface area contributed by atoms with Crippen molar-refractivity contribution in [3.8, 4) is 5.75 Å². The van der Waals surface area contributed by atoms with E-state index in [4.69, 9.17) is 15.6 Å². The van der Waals surface area contributed by atoms with Gasteiger partial charge < -0.3 is 15.6 Å². The first-order valence-electron chi connectivity index (χ1n) is 3.98. The minimum absolute atomic E-state index is 0.0400. The third-order valence-electron chi connectivity index (χ3n) is 1.87. The largest absolute Gasteiger partial charge is 0.497 e. The molecule has 1 aromatic carbocycles. The molecule has 0 amide bonds. The van der Waals surface area contributed by atoms with Gasteiger partial charge in [-0.3, -0.25) is 4.79 Å². The lowest BCUT2D eigenvalue weighted by Crippen LogP contribution is -2.21. The molecule has 15 heavy (non-hydrogen) atoms. The standard InChI is InChI=1S/C9H9BrFNO3/c1-15-4-2-5(8(12)9(13)14)7(10)6(11)3-4/h2-3,8H,12H2,1H3,(H,13,14). The highest BCUT2D eigenvalue weighted by Gasteiger charge is 2.20. The Kier molecular flexibility index (Phi) is 3.65. The molecule has 0 saturated heterocycles. The summed E-state index contributed by atoms with van der Waals surface area (Å²) in [6.07, 6.45) is 0. The van der Waals surface area contributed by atoms with Crippen LogP contribution in [0.15, 0.2) is 16.6 Å². The molecule has 3 N–H and O–H groups in total. The van der Waals surface area contributed by atoms with Gasteiger partial charge in [-0.05, 0) is 22.0 Å². The lowest BCUT2D eigenvalue weighted by atomic mass is 10.1. The van der Waals surface area contributed by atoms with Gasteiger partial charge in [0.05, 0.1) is 11.6 Å². The molecule has 1 unspecified atom stereocenters. The number of methoxy groups -OCH3 is 1. The van der Waals surface area contributed by atoms with Gasteiger partial charge in [-0.2, -0.15) is 0 Å². The number of carbonyl (C=O) groups is 1. The van der Waals surface area contributed by atoms with Crippen LogP contribution in [0.1, 0.15) is 11.6 Å². The third kappa shape index (κ3) is 2.45. The second-order valence-corrected chi connectivity index (χ2v) is 3.62. The van der Waals surface area contributed by atoms with Gasteiger partial charge in [0.15, 0.2) is 0 Å². The molecule has 0 spiro atoms. The Bertz CT molecular complexity index is 397. The number of carboxylic acid groups (broad SMARTS) is 1. The molecular weight excluding hydrogens is 269 g/mol. The van der Waals surface area contributed by atoms with Crippen molar-refractivity contribution in [2.24, 2.45) is 5.73 Å². The summed E-state index contributed by atoms with van der Waals surface area (Å²) in [6.45, 7) is 0. The number of benzene rings is 1. The lowest BCUT2D eigenvalue weighted by molar-refractivity contribution is -0.138. The van der Waals surface area contributed by atoms with Crippen LogP contribution in [0.5, 0.6) is 5.75 Å². The van der Waals surface area contributed by atoms with Gasteiger partial charge in [0.25, 0.3) is 0 Å². The van der Waals surface area contributed by atoms with Crippen LogP contribution in [0, 0.1) is 5.82 Å². The molecule has 82 valence electrons. The van der Waals surface area contributed by atoms with Gasteiger partial charge in [-0.25, -0.2) is 4.39 Å². The van der Waals surface area contributed by atoms with Gasteiger partial charge in [0, 0.05) is 11.6 Å². The molecule has 1 atom stereocenters. The Balaban J connectivity index is 3.27. The van der Waals surface area contributed by atoms with Gasteiger partial charge in [-0.1, -0.05) is 0 Å². The first kappa shape index (κ1) is 11.9. The summed E-state index contributed by atoms with van der Waals surface area (Å²) in [6, 6.07) is 1.23. The molecule has 0 aromatic heterocycles. The van der Waals surface area contributed by atoms with E-state index in [-0.39, 0.29) is 15.8 Å². The minimum Gasteiger partial charge on any atom is -0.497 e. The molecule has 0 fully saturated rings. The Morgan fingerprint density at radius 1 is 1.67 bits per heavy atom.